The molecule has 4 nitrogen and oxygen atoms in total. The van der Waals surface area contributed by atoms with Gasteiger partial charge in [0.05, 0.1) is 11.2 Å². The fraction of sp³-hybridized carbons (Fsp3) is 0.684. The Balaban J connectivity index is 2.11. The van der Waals surface area contributed by atoms with Gasteiger partial charge in [-0.25, -0.2) is 4.39 Å². The van der Waals surface area contributed by atoms with Crippen molar-refractivity contribution in [3.63, 3.8) is 0 Å². The van der Waals surface area contributed by atoms with E-state index < -0.39 is 24.1 Å². The van der Waals surface area contributed by atoms with Gasteiger partial charge in [0.25, 0.3) is 0 Å². The first-order chi connectivity index (χ1) is 11.6. The van der Waals surface area contributed by atoms with Crippen LogP contribution in [0.5, 0.6) is 0 Å². The molecule has 1 aliphatic carbocycles. The predicted octanol–water partition coefficient (Wildman–Crippen LogP) is 2.50. The third kappa shape index (κ3) is 5.51. The van der Waals surface area contributed by atoms with E-state index in [0.717, 1.165) is 18.4 Å². The highest BCUT2D eigenvalue weighted by molar-refractivity contribution is 6.60. The van der Waals surface area contributed by atoms with Crippen LogP contribution in [-0.4, -0.2) is 34.5 Å². The first-order valence-electron chi connectivity index (χ1n) is 9.20. The van der Waals surface area contributed by atoms with Crippen LogP contribution in [0.15, 0.2) is 18.2 Å². The van der Waals surface area contributed by atoms with Gasteiger partial charge in [0.2, 0.25) is 0 Å². The highest BCUT2D eigenvalue weighted by Crippen LogP contribution is 2.25. The molecule has 140 valence electrons. The first-order valence-corrected chi connectivity index (χ1v) is 9.20. The van der Waals surface area contributed by atoms with Gasteiger partial charge in [-0.15, -0.1) is 0 Å². The lowest BCUT2D eigenvalue weighted by molar-refractivity contribution is -0.0982. The molecule has 0 amide bonds. The van der Waals surface area contributed by atoms with Crippen molar-refractivity contribution in [2.75, 3.05) is 0 Å². The molecular formula is C19H31BFNO3. The van der Waals surface area contributed by atoms with Gasteiger partial charge in [-0.05, 0) is 63.7 Å². The van der Waals surface area contributed by atoms with Crippen LogP contribution >= 0.6 is 0 Å². The summed E-state index contributed by atoms with van der Waals surface area (Å²) in [4.78, 5) is 0. The van der Waals surface area contributed by atoms with Crippen LogP contribution in [0.3, 0.4) is 0 Å². The lowest BCUT2D eigenvalue weighted by Gasteiger charge is -2.38. The number of hydrogen-bond donors (Lipinski definition) is 3. The number of hydrogen-bond acceptors (Lipinski definition) is 4. The van der Waals surface area contributed by atoms with Gasteiger partial charge >= 0.3 is 7.12 Å². The predicted molar refractivity (Wildman–Crippen MR) is 99.2 cm³/mol. The van der Waals surface area contributed by atoms with Gasteiger partial charge in [0.1, 0.15) is 5.82 Å². The smallest absolute Gasteiger partial charge is 0.423 e. The van der Waals surface area contributed by atoms with Crippen LogP contribution in [0.2, 0.25) is 0 Å². The zero-order valence-electron chi connectivity index (χ0n) is 15.8. The number of halogens is 1. The summed E-state index contributed by atoms with van der Waals surface area (Å²) in [5.74, 6) is -0.417. The monoisotopic (exact) mass is 351 g/mol. The Morgan fingerprint density at radius 3 is 2.44 bits per heavy atom. The third-order valence-electron chi connectivity index (χ3n) is 5.44. The van der Waals surface area contributed by atoms with Crippen LogP contribution in [0, 0.1) is 5.82 Å². The van der Waals surface area contributed by atoms with Crippen LogP contribution in [0.25, 0.3) is 0 Å². The molecule has 6 heteroatoms. The molecule has 0 aliphatic heterocycles. The van der Waals surface area contributed by atoms with E-state index in [1.807, 2.05) is 0 Å². The molecule has 1 saturated carbocycles. The maximum atomic E-state index is 13.7. The van der Waals surface area contributed by atoms with Crippen molar-refractivity contribution in [1.29, 1.82) is 0 Å². The van der Waals surface area contributed by atoms with E-state index in [0.29, 0.717) is 18.0 Å². The molecule has 0 heterocycles. The fourth-order valence-corrected chi connectivity index (χ4v) is 3.00. The maximum absolute atomic E-state index is 13.7. The SMILES string of the molecule is CC(C)(O)C(C)(C)OB(O)c1cc(F)ccc1CNC1CCCCC1. The topological polar surface area (TPSA) is 61.7 Å². The second-order valence-electron chi connectivity index (χ2n) is 8.10. The summed E-state index contributed by atoms with van der Waals surface area (Å²) in [6, 6.07) is 4.86. The molecule has 3 N–H and O–H groups in total. The molecule has 2 rings (SSSR count). The van der Waals surface area contributed by atoms with Gasteiger partial charge in [0, 0.05) is 12.6 Å². The zero-order chi connectivity index (χ0) is 18.7. The Morgan fingerprint density at radius 2 is 1.84 bits per heavy atom. The molecule has 0 atom stereocenters. The summed E-state index contributed by atoms with van der Waals surface area (Å²) < 4.78 is 19.4. The average molecular weight is 351 g/mol. The lowest BCUT2D eigenvalue weighted by atomic mass is 9.74. The van der Waals surface area contributed by atoms with E-state index in [1.54, 1.807) is 33.8 Å². The normalized spacial score (nSPS) is 16.9. The van der Waals surface area contributed by atoms with Crippen molar-refractivity contribution in [2.24, 2.45) is 0 Å². The fourth-order valence-electron chi connectivity index (χ4n) is 3.00. The van der Waals surface area contributed by atoms with Crippen molar-refractivity contribution >= 4 is 12.6 Å². The summed E-state index contributed by atoms with van der Waals surface area (Å²) >= 11 is 0. The summed E-state index contributed by atoms with van der Waals surface area (Å²) in [6.45, 7) is 7.21. The highest BCUT2D eigenvalue weighted by atomic mass is 19.1. The van der Waals surface area contributed by atoms with E-state index >= 15 is 0 Å². The third-order valence-corrected chi connectivity index (χ3v) is 5.44. The van der Waals surface area contributed by atoms with Crippen molar-refractivity contribution in [2.45, 2.75) is 83.6 Å². The molecule has 0 aromatic heterocycles. The molecule has 0 unspecified atom stereocenters. The molecule has 0 saturated heterocycles. The zero-order valence-corrected chi connectivity index (χ0v) is 15.8. The molecular weight excluding hydrogens is 320 g/mol. The van der Waals surface area contributed by atoms with E-state index in [-0.39, 0.29) is 0 Å². The van der Waals surface area contributed by atoms with Crippen LogP contribution < -0.4 is 10.8 Å². The largest absolute Gasteiger partial charge is 0.492 e. The molecule has 0 radical (unpaired) electrons. The summed E-state index contributed by atoms with van der Waals surface area (Å²) in [6.07, 6.45) is 6.07. The van der Waals surface area contributed by atoms with Gasteiger partial charge in [-0.2, -0.15) is 0 Å². The molecule has 1 aromatic rings. The Labute approximate surface area is 150 Å². The Hall–Kier alpha value is -0.945. The van der Waals surface area contributed by atoms with E-state index in [2.05, 4.69) is 5.32 Å². The second kappa shape index (κ2) is 8.17. The number of nitrogens with one attached hydrogen (secondary N) is 1. The van der Waals surface area contributed by atoms with Gasteiger partial charge in [-0.1, -0.05) is 25.3 Å². The summed E-state index contributed by atoms with van der Waals surface area (Å²) in [5.41, 5.74) is -0.930. The lowest BCUT2D eigenvalue weighted by Crippen LogP contribution is -2.53. The number of benzene rings is 1. The van der Waals surface area contributed by atoms with Crippen LogP contribution in [0.1, 0.15) is 65.4 Å². The van der Waals surface area contributed by atoms with E-state index in [9.17, 15) is 14.5 Å². The summed E-state index contributed by atoms with van der Waals surface area (Å²) in [5, 5.41) is 24.3. The van der Waals surface area contributed by atoms with Gasteiger partial charge in [0.15, 0.2) is 0 Å². The molecule has 0 bridgehead atoms. The molecule has 25 heavy (non-hydrogen) atoms. The number of aliphatic hydroxyl groups is 1. The standard InChI is InChI=1S/C19H31BFNO3/c1-18(2,23)19(3,4)25-20(24)17-12-15(21)11-10-14(17)13-22-16-8-6-5-7-9-16/h10-12,16,22-24H,5-9,13H2,1-4H3. The minimum absolute atomic E-state index is 0.403. The van der Waals surface area contributed by atoms with E-state index in [1.165, 1.54) is 31.4 Å². The van der Waals surface area contributed by atoms with Crippen molar-refractivity contribution in [3.8, 4) is 0 Å². The van der Waals surface area contributed by atoms with Crippen molar-refractivity contribution < 1.29 is 19.2 Å². The van der Waals surface area contributed by atoms with Gasteiger partial charge < -0.3 is 20.1 Å². The van der Waals surface area contributed by atoms with E-state index in [4.69, 9.17) is 4.65 Å². The van der Waals surface area contributed by atoms with Crippen LogP contribution in [-0.2, 0) is 11.2 Å². The van der Waals surface area contributed by atoms with Crippen molar-refractivity contribution in [1.82, 2.24) is 5.32 Å². The minimum Gasteiger partial charge on any atom is -0.423 e. The average Bonchev–Trinajstić information content (AvgIpc) is 2.53. The quantitative estimate of drug-likeness (QED) is 0.661. The Kier molecular flexibility index (Phi) is 6.65. The second-order valence-corrected chi connectivity index (χ2v) is 8.10. The molecule has 1 aliphatic rings. The molecule has 1 fully saturated rings. The van der Waals surface area contributed by atoms with Crippen molar-refractivity contribution in [3.05, 3.63) is 29.6 Å². The number of rotatable bonds is 7. The highest BCUT2D eigenvalue weighted by Gasteiger charge is 2.40. The minimum atomic E-state index is -1.31. The first kappa shape index (κ1) is 20.4. The molecule has 1 aromatic carbocycles. The summed E-state index contributed by atoms with van der Waals surface area (Å²) in [7, 11) is -1.31. The maximum Gasteiger partial charge on any atom is 0.492 e. The van der Waals surface area contributed by atoms with Crippen LogP contribution in [0.4, 0.5) is 4.39 Å². The molecule has 0 spiro atoms. The Morgan fingerprint density at radius 1 is 1.20 bits per heavy atom. The Bertz CT molecular complexity index is 568. The van der Waals surface area contributed by atoms with Gasteiger partial charge in [-0.3, -0.25) is 0 Å².